The van der Waals surface area contributed by atoms with Gasteiger partial charge in [0.1, 0.15) is 12.0 Å². The van der Waals surface area contributed by atoms with Crippen LogP contribution in [0.3, 0.4) is 0 Å². The maximum Gasteiger partial charge on any atom is 0.170 e. The lowest BCUT2D eigenvalue weighted by molar-refractivity contribution is 0.111. The molecule has 0 bridgehead atoms. The van der Waals surface area contributed by atoms with Gasteiger partial charge in [0, 0.05) is 5.56 Å². The maximum atomic E-state index is 11.2. The van der Waals surface area contributed by atoms with Crippen LogP contribution < -0.4 is 0 Å². The van der Waals surface area contributed by atoms with Crippen LogP contribution in [0.4, 0.5) is 0 Å². The first-order valence-corrected chi connectivity index (χ1v) is 6.89. The van der Waals surface area contributed by atoms with Gasteiger partial charge in [-0.25, -0.2) is 9.67 Å². The van der Waals surface area contributed by atoms with E-state index in [2.05, 4.69) is 15.3 Å². The average molecular weight is 295 g/mol. The number of nitrogens with zero attached hydrogens (tertiary/aromatic N) is 5. The number of benzene rings is 1. The van der Waals surface area contributed by atoms with Crippen LogP contribution in [0, 0.1) is 6.92 Å². The van der Waals surface area contributed by atoms with Crippen LogP contribution in [0.25, 0.3) is 16.9 Å². The van der Waals surface area contributed by atoms with Crippen molar-refractivity contribution >= 4 is 6.29 Å². The van der Waals surface area contributed by atoms with Crippen LogP contribution in [0.15, 0.2) is 24.5 Å². The molecule has 0 amide bonds. The number of hydrogen-bond donors (Lipinski definition) is 1. The van der Waals surface area contributed by atoms with Crippen LogP contribution in [-0.2, 0) is 13.2 Å². The van der Waals surface area contributed by atoms with Gasteiger partial charge in [-0.1, -0.05) is 11.3 Å². The molecule has 1 N–H and O–H groups in total. The third-order valence-corrected chi connectivity index (χ3v) is 3.97. The zero-order valence-corrected chi connectivity index (χ0v) is 11.9. The van der Waals surface area contributed by atoms with E-state index in [4.69, 9.17) is 0 Å². The molecule has 1 aromatic carbocycles. The Morgan fingerprint density at radius 1 is 1.41 bits per heavy atom. The van der Waals surface area contributed by atoms with Crippen LogP contribution in [0.5, 0.6) is 0 Å². The fraction of sp³-hybridized carbons (Fsp3) is 0.200. The Kier molecular flexibility index (Phi) is 2.70. The van der Waals surface area contributed by atoms with Gasteiger partial charge in [-0.05, 0) is 24.6 Å². The standard InChI is InChI=1S/C15H13N5O2/c1-9-15-11-4-10(6-21)2-3-13(11)19-8-16-12(7-22)14(19)5-20(15)18-17-9/h2-4,7-8,21H,5-6H2,1H3. The van der Waals surface area contributed by atoms with Crippen molar-refractivity contribution in [1.82, 2.24) is 24.5 Å². The highest BCUT2D eigenvalue weighted by atomic mass is 16.3. The summed E-state index contributed by atoms with van der Waals surface area (Å²) in [6.45, 7) is 2.28. The van der Waals surface area contributed by atoms with Crippen LogP contribution in [0.1, 0.15) is 27.4 Å². The molecule has 4 rings (SSSR count). The zero-order valence-electron chi connectivity index (χ0n) is 11.9. The molecule has 0 spiro atoms. The molecule has 2 aromatic heterocycles. The minimum Gasteiger partial charge on any atom is -0.392 e. The molecular formula is C15H13N5O2. The SMILES string of the molecule is Cc1nnn2c1-c1cc(CO)ccc1-n1cnc(C=O)c1C2. The van der Waals surface area contributed by atoms with E-state index in [1.807, 2.05) is 29.7 Å². The van der Waals surface area contributed by atoms with Gasteiger partial charge in [0.15, 0.2) is 6.29 Å². The van der Waals surface area contributed by atoms with E-state index in [1.165, 1.54) is 0 Å². The molecule has 7 nitrogen and oxygen atoms in total. The second kappa shape index (κ2) is 4.60. The summed E-state index contributed by atoms with van der Waals surface area (Å²) in [5, 5.41) is 17.7. The molecule has 7 heteroatoms. The van der Waals surface area contributed by atoms with Crippen molar-refractivity contribution in [2.24, 2.45) is 0 Å². The van der Waals surface area contributed by atoms with E-state index < -0.39 is 0 Å². The summed E-state index contributed by atoms with van der Waals surface area (Å²) < 4.78 is 3.66. The summed E-state index contributed by atoms with van der Waals surface area (Å²) in [5.41, 5.74) is 5.51. The number of imidazole rings is 1. The first-order valence-electron chi connectivity index (χ1n) is 6.89. The number of hydrogen-bond acceptors (Lipinski definition) is 5. The molecule has 1 aliphatic heterocycles. The predicted molar refractivity (Wildman–Crippen MR) is 77.7 cm³/mol. The van der Waals surface area contributed by atoms with Crippen LogP contribution in [0.2, 0.25) is 0 Å². The minimum atomic E-state index is -0.0374. The average Bonchev–Trinajstić information content (AvgIpc) is 3.07. The zero-order chi connectivity index (χ0) is 15.3. The van der Waals surface area contributed by atoms with E-state index >= 15 is 0 Å². The van der Waals surface area contributed by atoms with Crippen molar-refractivity contribution in [2.75, 3.05) is 0 Å². The minimum absolute atomic E-state index is 0.0374. The summed E-state index contributed by atoms with van der Waals surface area (Å²) >= 11 is 0. The van der Waals surface area contributed by atoms with E-state index in [0.717, 1.165) is 40.2 Å². The van der Waals surface area contributed by atoms with Gasteiger partial charge in [0.05, 0.1) is 35.9 Å². The number of aliphatic hydroxyl groups is 1. The molecule has 1 aliphatic rings. The van der Waals surface area contributed by atoms with Gasteiger partial charge < -0.3 is 5.11 Å². The third-order valence-electron chi connectivity index (χ3n) is 3.97. The van der Waals surface area contributed by atoms with E-state index in [9.17, 15) is 9.90 Å². The molecular weight excluding hydrogens is 282 g/mol. The number of fused-ring (bicyclic) bond motifs is 5. The molecule has 0 saturated heterocycles. The molecule has 22 heavy (non-hydrogen) atoms. The smallest absolute Gasteiger partial charge is 0.170 e. The normalized spacial score (nSPS) is 12.3. The van der Waals surface area contributed by atoms with Crippen molar-refractivity contribution in [3.63, 3.8) is 0 Å². The Hall–Kier alpha value is -2.80. The molecule has 110 valence electrons. The molecule has 0 atom stereocenters. The number of carbonyl (C=O) groups excluding carboxylic acids is 1. The quantitative estimate of drug-likeness (QED) is 0.560. The van der Waals surface area contributed by atoms with Gasteiger partial charge in [0.2, 0.25) is 0 Å². The van der Waals surface area contributed by atoms with Crippen molar-refractivity contribution in [1.29, 1.82) is 0 Å². The Morgan fingerprint density at radius 3 is 3.05 bits per heavy atom. The van der Waals surface area contributed by atoms with Gasteiger partial charge in [-0.15, -0.1) is 5.10 Å². The fourth-order valence-electron chi connectivity index (χ4n) is 2.92. The lowest BCUT2D eigenvalue weighted by Gasteiger charge is -2.10. The number of aldehydes is 1. The second-order valence-corrected chi connectivity index (χ2v) is 5.26. The first-order chi connectivity index (χ1) is 10.7. The molecule has 0 radical (unpaired) electrons. The monoisotopic (exact) mass is 295 g/mol. The van der Waals surface area contributed by atoms with Crippen molar-refractivity contribution in [3.05, 3.63) is 47.2 Å². The van der Waals surface area contributed by atoms with Gasteiger partial charge >= 0.3 is 0 Å². The summed E-state index contributed by atoms with van der Waals surface area (Å²) in [5.74, 6) is 0. The lowest BCUT2D eigenvalue weighted by Crippen LogP contribution is -2.06. The van der Waals surface area contributed by atoms with E-state index in [-0.39, 0.29) is 6.61 Å². The Balaban J connectivity index is 2.10. The largest absolute Gasteiger partial charge is 0.392 e. The molecule has 0 saturated carbocycles. The highest BCUT2D eigenvalue weighted by Gasteiger charge is 2.24. The van der Waals surface area contributed by atoms with Crippen molar-refractivity contribution in [2.45, 2.75) is 20.1 Å². The highest BCUT2D eigenvalue weighted by molar-refractivity contribution is 5.78. The Bertz CT molecular complexity index is 893. The predicted octanol–water partition coefficient (Wildman–Crippen LogP) is 1.11. The third kappa shape index (κ3) is 1.66. The van der Waals surface area contributed by atoms with E-state index in [1.54, 1.807) is 11.0 Å². The summed E-state index contributed by atoms with van der Waals surface area (Å²) in [6, 6.07) is 5.70. The molecule has 0 fully saturated rings. The van der Waals surface area contributed by atoms with Crippen molar-refractivity contribution in [3.8, 4) is 16.9 Å². The number of aliphatic hydroxyl groups excluding tert-OH is 1. The van der Waals surface area contributed by atoms with Crippen LogP contribution >= 0.6 is 0 Å². The van der Waals surface area contributed by atoms with E-state index in [0.29, 0.717) is 12.2 Å². The molecule has 3 heterocycles. The number of rotatable bonds is 2. The maximum absolute atomic E-state index is 11.2. The van der Waals surface area contributed by atoms with Crippen molar-refractivity contribution < 1.29 is 9.90 Å². The second-order valence-electron chi connectivity index (χ2n) is 5.26. The van der Waals surface area contributed by atoms with Crippen LogP contribution in [-0.4, -0.2) is 35.9 Å². The summed E-state index contributed by atoms with van der Waals surface area (Å²) in [4.78, 5) is 15.4. The fourth-order valence-corrected chi connectivity index (χ4v) is 2.92. The van der Waals surface area contributed by atoms with Gasteiger partial charge in [0.25, 0.3) is 0 Å². The molecule has 0 unspecified atom stereocenters. The Labute approximate surface area is 125 Å². The Morgan fingerprint density at radius 2 is 2.27 bits per heavy atom. The van der Waals surface area contributed by atoms with Gasteiger partial charge in [-0.2, -0.15) is 0 Å². The number of carbonyl (C=O) groups is 1. The number of aryl methyl sites for hydroxylation is 1. The number of aromatic nitrogens is 5. The van der Waals surface area contributed by atoms with Gasteiger partial charge in [-0.3, -0.25) is 9.36 Å². The molecule has 3 aromatic rings. The molecule has 0 aliphatic carbocycles. The summed E-state index contributed by atoms with van der Waals surface area (Å²) in [6.07, 6.45) is 2.40. The first kappa shape index (κ1) is 12.9. The topological polar surface area (TPSA) is 85.8 Å². The lowest BCUT2D eigenvalue weighted by atomic mass is 10.0. The highest BCUT2D eigenvalue weighted by Crippen LogP contribution is 2.34. The summed E-state index contributed by atoms with van der Waals surface area (Å²) in [7, 11) is 0.